The number of aromatic nitrogens is 2. The summed E-state index contributed by atoms with van der Waals surface area (Å²) >= 11 is 0. The number of likely N-dealkylation sites (tertiary alicyclic amines) is 1. The Hall–Kier alpha value is -2.34. The number of aliphatic hydroxyl groups is 1. The van der Waals surface area contributed by atoms with Gasteiger partial charge in [0.15, 0.2) is 0 Å². The zero-order valence-corrected chi connectivity index (χ0v) is 13.8. The number of nitrogens with zero attached hydrogens (tertiary/aromatic N) is 3. The van der Waals surface area contributed by atoms with Gasteiger partial charge in [0.05, 0.1) is 11.4 Å². The van der Waals surface area contributed by atoms with E-state index in [0.717, 1.165) is 37.3 Å². The minimum absolute atomic E-state index is 0.0338. The van der Waals surface area contributed by atoms with Crippen molar-refractivity contribution in [3.63, 3.8) is 0 Å². The molecule has 1 aliphatic rings. The summed E-state index contributed by atoms with van der Waals surface area (Å²) in [5.74, 6) is 0. The van der Waals surface area contributed by atoms with Crippen molar-refractivity contribution in [1.82, 2.24) is 20.0 Å². The Morgan fingerprint density at radius 1 is 1.21 bits per heavy atom. The van der Waals surface area contributed by atoms with E-state index < -0.39 is 0 Å². The minimum atomic E-state index is -0.109. The van der Waals surface area contributed by atoms with E-state index in [2.05, 4.69) is 10.4 Å². The molecular formula is C18H24N4O2. The predicted molar refractivity (Wildman–Crippen MR) is 92.1 cm³/mol. The van der Waals surface area contributed by atoms with Crippen molar-refractivity contribution in [3.05, 3.63) is 48.3 Å². The molecule has 128 valence electrons. The van der Waals surface area contributed by atoms with Crippen molar-refractivity contribution in [2.24, 2.45) is 0 Å². The fourth-order valence-electron chi connectivity index (χ4n) is 3.01. The molecule has 1 atom stereocenters. The van der Waals surface area contributed by atoms with Gasteiger partial charge in [-0.2, -0.15) is 5.10 Å². The number of benzene rings is 1. The molecule has 6 heteroatoms. The molecule has 1 saturated heterocycles. The first kappa shape index (κ1) is 16.5. The Kier molecular flexibility index (Phi) is 5.48. The molecule has 6 nitrogen and oxygen atoms in total. The second-order valence-electron chi connectivity index (χ2n) is 6.14. The molecule has 1 unspecified atom stereocenters. The summed E-state index contributed by atoms with van der Waals surface area (Å²) in [5, 5.41) is 16.9. The molecule has 2 aromatic rings. The Labute approximate surface area is 142 Å². The van der Waals surface area contributed by atoms with E-state index >= 15 is 0 Å². The standard InChI is InChI=1S/C18H24N4O2/c23-13-9-15(19-18(24)21-10-4-5-11-21)14-16-8-12-22(20-16)17-6-2-1-3-7-17/h1-3,6-8,12,15,23H,4-5,9-11,13-14H2,(H,19,24). The van der Waals surface area contributed by atoms with Crippen LogP contribution in [-0.2, 0) is 6.42 Å². The normalized spacial score (nSPS) is 15.5. The molecule has 0 aliphatic carbocycles. The summed E-state index contributed by atoms with van der Waals surface area (Å²) in [6, 6.07) is 11.7. The molecule has 3 rings (SSSR count). The lowest BCUT2D eigenvalue weighted by Gasteiger charge is -2.22. The Morgan fingerprint density at radius 2 is 1.96 bits per heavy atom. The van der Waals surface area contributed by atoms with Crippen LogP contribution in [0.25, 0.3) is 5.69 Å². The lowest BCUT2D eigenvalue weighted by atomic mass is 10.1. The van der Waals surface area contributed by atoms with Crippen molar-refractivity contribution < 1.29 is 9.90 Å². The summed E-state index contributed by atoms with van der Waals surface area (Å²) in [5.41, 5.74) is 1.91. The highest BCUT2D eigenvalue weighted by Crippen LogP contribution is 2.11. The first-order valence-corrected chi connectivity index (χ1v) is 8.52. The number of carbonyl (C=O) groups is 1. The molecular weight excluding hydrogens is 304 g/mol. The van der Waals surface area contributed by atoms with Crippen LogP contribution in [0.15, 0.2) is 42.6 Å². The topological polar surface area (TPSA) is 70.4 Å². The van der Waals surface area contributed by atoms with Gasteiger partial charge in [0.1, 0.15) is 0 Å². The van der Waals surface area contributed by atoms with Crippen LogP contribution in [0, 0.1) is 0 Å². The number of para-hydroxylation sites is 1. The molecule has 1 fully saturated rings. The highest BCUT2D eigenvalue weighted by Gasteiger charge is 2.21. The van der Waals surface area contributed by atoms with E-state index in [4.69, 9.17) is 0 Å². The SMILES string of the molecule is O=C(NC(CCO)Cc1ccn(-c2ccccc2)n1)N1CCCC1. The van der Waals surface area contributed by atoms with E-state index in [1.54, 1.807) is 0 Å². The number of hydrogen-bond donors (Lipinski definition) is 2. The summed E-state index contributed by atoms with van der Waals surface area (Å²) in [7, 11) is 0. The summed E-state index contributed by atoms with van der Waals surface area (Å²) in [6.07, 6.45) is 5.19. The second kappa shape index (κ2) is 7.97. The maximum atomic E-state index is 12.3. The first-order valence-electron chi connectivity index (χ1n) is 8.52. The van der Waals surface area contributed by atoms with Crippen LogP contribution in [0.4, 0.5) is 4.79 Å². The predicted octanol–water partition coefficient (Wildman–Crippen LogP) is 1.97. The van der Waals surface area contributed by atoms with Crippen molar-refractivity contribution in [2.75, 3.05) is 19.7 Å². The van der Waals surface area contributed by atoms with Crippen LogP contribution in [0.2, 0.25) is 0 Å². The van der Waals surface area contributed by atoms with Crippen molar-refractivity contribution in [2.45, 2.75) is 31.7 Å². The van der Waals surface area contributed by atoms with Gasteiger partial charge in [-0.05, 0) is 37.5 Å². The maximum absolute atomic E-state index is 12.3. The number of aliphatic hydroxyl groups excluding tert-OH is 1. The molecule has 1 aromatic heterocycles. The van der Waals surface area contributed by atoms with Gasteiger partial charge in [0, 0.05) is 38.4 Å². The third kappa shape index (κ3) is 4.14. The molecule has 0 saturated carbocycles. The third-order valence-corrected chi connectivity index (χ3v) is 4.32. The van der Waals surface area contributed by atoms with Gasteiger partial charge in [-0.1, -0.05) is 18.2 Å². The van der Waals surface area contributed by atoms with Crippen LogP contribution >= 0.6 is 0 Å². The van der Waals surface area contributed by atoms with Crippen LogP contribution in [0.3, 0.4) is 0 Å². The van der Waals surface area contributed by atoms with Crippen LogP contribution in [0.5, 0.6) is 0 Å². The van der Waals surface area contributed by atoms with Crippen molar-refractivity contribution in [3.8, 4) is 5.69 Å². The molecule has 2 heterocycles. The molecule has 2 amide bonds. The summed E-state index contributed by atoms with van der Waals surface area (Å²) in [6.45, 7) is 1.69. The lowest BCUT2D eigenvalue weighted by Crippen LogP contribution is -2.44. The Bertz CT molecular complexity index is 650. The van der Waals surface area contributed by atoms with Crippen molar-refractivity contribution in [1.29, 1.82) is 0 Å². The van der Waals surface area contributed by atoms with E-state index in [1.807, 2.05) is 52.2 Å². The maximum Gasteiger partial charge on any atom is 0.317 e. The average Bonchev–Trinajstić information content (AvgIpc) is 3.28. The van der Waals surface area contributed by atoms with Crippen LogP contribution in [0.1, 0.15) is 25.0 Å². The van der Waals surface area contributed by atoms with E-state index in [9.17, 15) is 9.90 Å². The van der Waals surface area contributed by atoms with Gasteiger partial charge >= 0.3 is 6.03 Å². The zero-order chi connectivity index (χ0) is 16.8. The summed E-state index contributed by atoms with van der Waals surface area (Å²) < 4.78 is 1.83. The molecule has 1 aromatic carbocycles. The fourth-order valence-corrected chi connectivity index (χ4v) is 3.01. The van der Waals surface area contributed by atoms with Gasteiger partial charge in [-0.25, -0.2) is 9.48 Å². The summed E-state index contributed by atoms with van der Waals surface area (Å²) in [4.78, 5) is 14.1. The lowest BCUT2D eigenvalue weighted by molar-refractivity contribution is 0.199. The quantitative estimate of drug-likeness (QED) is 0.852. The Balaban J connectivity index is 1.63. The van der Waals surface area contributed by atoms with Gasteiger partial charge < -0.3 is 15.3 Å². The van der Waals surface area contributed by atoms with Gasteiger partial charge in [0.25, 0.3) is 0 Å². The number of hydrogen-bond acceptors (Lipinski definition) is 3. The smallest absolute Gasteiger partial charge is 0.317 e. The highest BCUT2D eigenvalue weighted by molar-refractivity contribution is 5.74. The second-order valence-corrected chi connectivity index (χ2v) is 6.14. The Morgan fingerprint density at radius 3 is 2.67 bits per heavy atom. The van der Waals surface area contributed by atoms with Crippen molar-refractivity contribution >= 4 is 6.03 Å². The third-order valence-electron chi connectivity index (χ3n) is 4.32. The fraction of sp³-hybridized carbons (Fsp3) is 0.444. The van der Waals surface area contributed by atoms with Crippen LogP contribution < -0.4 is 5.32 Å². The van der Waals surface area contributed by atoms with E-state index in [0.29, 0.717) is 12.8 Å². The highest BCUT2D eigenvalue weighted by atomic mass is 16.3. The van der Waals surface area contributed by atoms with Gasteiger partial charge in [0.2, 0.25) is 0 Å². The molecule has 0 bridgehead atoms. The molecule has 0 spiro atoms. The van der Waals surface area contributed by atoms with Crippen LogP contribution in [-0.4, -0.2) is 51.6 Å². The average molecular weight is 328 g/mol. The minimum Gasteiger partial charge on any atom is -0.396 e. The molecule has 2 N–H and O–H groups in total. The number of urea groups is 1. The molecule has 0 radical (unpaired) electrons. The number of amides is 2. The molecule has 24 heavy (non-hydrogen) atoms. The van der Waals surface area contributed by atoms with Gasteiger partial charge in [-0.3, -0.25) is 0 Å². The van der Waals surface area contributed by atoms with Gasteiger partial charge in [-0.15, -0.1) is 0 Å². The largest absolute Gasteiger partial charge is 0.396 e. The first-order chi connectivity index (χ1) is 11.8. The number of nitrogens with one attached hydrogen (secondary N) is 1. The molecule has 1 aliphatic heterocycles. The number of rotatable bonds is 6. The number of carbonyl (C=O) groups excluding carboxylic acids is 1. The van der Waals surface area contributed by atoms with E-state index in [-0.39, 0.29) is 18.7 Å². The monoisotopic (exact) mass is 328 g/mol. The van der Waals surface area contributed by atoms with E-state index in [1.165, 1.54) is 0 Å². The zero-order valence-electron chi connectivity index (χ0n) is 13.8.